The van der Waals surface area contributed by atoms with Gasteiger partial charge in [0.15, 0.2) is 6.23 Å². The largest absolute Gasteiger partial charge is 0.471 e. The van der Waals surface area contributed by atoms with Crippen molar-refractivity contribution in [1.29, 1.82) is 0 Å². The lowest BCUT2D eigenvalue weighted by molar-refractivity contribution is 0.250. The summed E-state index contributed by atoms with van der Waals surface area (Å²) in [5.74, 6) is 0.797. The summed E-state index contributed by atoms with van der Waals surface area (Å²) in [7, 11) is 0. The van der Waals surface area contributed by atoms with E-state index >= 15 is 0 Å². The number of rotatable bonds is 4. The molecule has 0 aromatic heterocycles. The third-order valence-corrected chi connectivity index (χ3v) is 2.52. The fraction of sp³-hybridized carbons (Fsp3) is 0.143. The average molecular weight is 248 g/mol. The molecule has 0 aliphatic rings. The van der Waals surface area contributed by atoms with E-state index in [1.165, 1.54) is 0 Å². The van der Waals surface area contributed by atoms with E-state index in [1.807, 2.05) is 61.5 Å². The van der Waals surface area contributed by atoms with Gasteiger partial charge in [-0.05, 0) is 43.3 Å². The first-order valence-electron chi connectivity index (χ1n) is 5.48. The van der Waals surface area contributed by atoms with Gasteiger partial charge in [0.25, 0.3) is 0 Å². The third-order valence-electron chi connectivity index (χ3n) is 2.27. The van der Waals surface area contributed by atoms with Gasteiger partial charge in [-0.25, -0.2) is 0 Å². The van der Waals surface area contributed by atoms with Gasteiger partial charge in [-0.15, -0.1) is 0 Å². The maximum Gasteiger partial charge on any atom is 0.167 e. The predicted octanol–water partition coefficient (Wildman–Crippen LogP) is 4.18. The van der Waals surface area contributed by atoms with Crippen LogP contribution in [-0.2, 0) is 0 Å². The van der Waals surface area contributed by atoms with Crippen LogP contribution in [0.1, 0.15) is 6.92 Å². The molecule has 2 nitrogen and oxygen atoms in total. The Balaban J connectivity index is 1.93. The highest BCUT2D eigenvalue weighted by Crippen LogP contribution is 2.17. The lowest BCUT2D eigenvalue weighted by atomic mass is 10.3. The second-order valence-electron chi connectivity index (χ2n) is 3.72. The molecule has 0 bridgehead atoms. The van der Waals surface area contributed by atoms with Gasteiger partial charge in [0.05, 0.1) is 0 Å². The van der Waals surface area contributed by atoms with Crippen LogP contribution in [0.3, 0.4) is 0 Å². The molecule has 3 heteroatoms. The van der Waals surface area contributed by atoms with Crippen LogP contribution in [0.2, 0.25) is 5.02 Å². The molecule has 0 fully saturated rings. The molecule has 2 aromatic carbocycles. The van der Waals surface area contributed by atoms with Gasteiger partial charge < -0.3 is 10.1 Å². The smallest absolute Gasteiger partial charge is 0.167 e. The van der Waals surface area contributed by atoms with Gasteiger partial charge >= 0.3 is 0 Å². The SMILES string of the molecule is CC(Nc1ccccc1)Oc1ccc(Cl)cc1. The van der Waals surface area contributed by atoms with Crippen molar-refractivity contribution < 1.29 is 4.74 Å². The first-order chi connectivity index (χ1) is 8.24. The van der Waals surface area contributed by atoms with Crippen molar-refractivity contribution in [2.24, 2.45) is 0 Å². The highest BCUT2D eigenvalue weighted by molar-refractivity contribution is 6.30. The highest BCUT2D eigenvalue weighted by Gasteiger charge is 2.02. The summed E-state index contributed by atoms with van der Waals surface area (Å²) >= 11 is 5.81. The molecule has 2 aromatic rings. The van der Waals surface area contributed by atoms with E-state index in [2.05, 4.69) is 5.32 Å². The molecule has 0 radical (unpaired) electrons. The molecular formula is C14H14ClNO. The monoisotopic (exact) mass is 247 g/mol. The first kappa shape index (κ1) is 11.8. The van der Waals surface area contributed by atoms with Crippen LogP contribution in [0.15, 0.2) is 54.6 Å². The fourth-order valence-electron chi connectivity index (χ4n) is 1.52. The minimum atomic E-state index is -0.0985. The lowest BCUT2D eigenvalue weighted by Crippen LogP contribution is -2.22. The van der Waals surface area contributed by atoms with Crippen molar-refractivity contribution in [3.8, 4) is 5.75 Å². The standard InChI is InChI=1S/C14H14ClNO/c1-11(16-13-5-3-2-4-6-13)17-14-9-7-12(15)8-10-14/h2-11,16H,1H3. The molecule has 0 heterocycles. The second kappa shape index (κ2) is 5.60. The Morgan fingerprint density at radius 3 is 2.29 bits per heavy atom. The van der Waals surface area contributed by atoms with Crippen LogP contribution in [0, 0.1) is 0 Å². The summed E-state index contributed by atoms with van der Waals surface area (Å²) in [4.78, 5) is 0. The molecule has 1 atom stereocenters. The normalized spacial score (nSPS) is 11.9. The third kappa shape index (κ3) is 3.68. The zero-order chi connectivity index (χ0) is 12.1. The quantitative estimate of drug-likeness (QED) is 0.819. The highest BCUT2D eigenvalue weighted by atomic mass is 35.5. The van der Waals surface area contributed by atoms with Crippen molar-refractivity contribution in [3.63, 3.8) is 0 Å². The molecule has 1 N–H and O–H groups in total. The maximum atomic E-state index is 5.81. The summed E-state index contributed by atoms with van der Waals surface area (Å²) in [6, 6.07) is 17.3. The maximum absolute atomic E-state index is 5.81. The molecule has 0 amide bonds. The van der Waals surface area contributed by atoms with Crippen molar-refractivity contribution >= 4 is 17.3 Å². The van der Waals surface area contributed by atoms with E-state index in [1.54, 1.807) is 0 Å². The Bertz CT molecular complexity index is 455. The molecule has 1 unspecified atom stereocenters. The van der Waals surface area contributed by atoms with Gasteiger partial charge in [-0.1, -0.05) is 29.8 Å². The molecule has 0 spiro atoms. The minimum Gasteiger partial charge on any atom is -0.471 e. The fourth-order valence-corrected chi connectivity index (χ4v) is 1.64. The van der Waals surface area contributed by atoms with E-state index < -0.39 is 0 Å². The molecule has 88 valence electrons. The number of anilines is 1. The summed E-state index contributed by atoms with van der Waals surface area (Å²) in [5.41, 5.74) is 1.04. The van der Waals surface area contributed by atoms with Crippen LogP contribution in [0.25, 0.3) is 0 Å². The van der Waals surface area contributed by atoms with Crippen LogP contribution in [-0.4, -0.2) is 6.23 Å². The Morgan fingerprint density at radius 1 is 1.00 bits per heavy atom. The predicted molar refractivity (Wildman–Crippen MR) is 71.6 cm³/mol. The topological polar surface area (TPSA) is 21.3 Å². The van der Waals surface area contributed by atoms with Gasteiger partial charge in [0.2, 0.25) is 0 Å². The van der Waals surface area contributed by atoms with E-state index in [9.17, 15) is 0 Å². The van der Waals surface area contributed by atoms with E-state index in [0.717, 1.165) is 11.4 Å². The van der Waals surface area contributed by atoms with Crippen molar-refractivity contribution in [2.45, 2.75) is 13.2 Å². The Hall–Kier alpha value is -1.67. The number of ether oxygens (including phenoxy) is 1. The molecule has 0 aliphatic carbocycles. The number of para-hydroxylation sites is 1. The zero-order valence-corrected chi connectivity index (χ0v) is 10.3. The first-order valence-corrected chi connectivity index (χ1v) is 5.85. The lowest BCUT2D eigenvalue weighted by Gasteiger charge is -2.17. The van der Waals surface area contributed by atoms with Crippen molar-refractivity contribution in [3.05, 3.63) is 59.6 Å². The summed E-state index contributed by atoms with van der Waals surface area (Å²) in [6.07, 6.45) is -0.0985. The number of hydrogen-bond donors (Lipinski definition) is 1. The molecule has 0 aliphatic heterocycles. The molecular weight excluding hydrogens is 234 g/mol. The number of benzene rings is 2. The van der Waals surface area contributed by atoms with Crippen LogP contribution in [0.4, 0.5) is 5.69 Å². The number of halogens is 1. The van der Waals surface area contributed by atoms with Crippen molar-refractivity contribution in [2.75, 3.05) is 5.32 Å². The number of nitrogens with one attached hydrogen (secondary N) is 1. The van der Waals surface area contributed by atoms with Crippen LogP contribution >= 0.6 is 11.6 Å². The average Bonchev–Trinajstić information content (AvgIpc) is 2.33. The van der Waals surface area contributed by atoms with Gasteiger partial charge in [-0.3, -0.25) is 0 Å². The van der Waals surface area contributed by atoms with Crippen LogP contribution in [0.5, 0.6) is 5.75 Å². The Labute approximate surface area is 106 Å². The summed E-state index contributed by atoms with van der Waals surface area (Å²) in [6.45, 7) is 1.96. The summed E-state index contributed by atoms with van der Waals surface area (Å²) in [5, 5.41) is 3.96. The molecule has 0 saturated carbocycles. The van der Waals surface area contributed by atoms with E-state index in [4.69, 9.17) is 16.3 Å². The molecule has 2 rings (SSSR count). The van der Waals surface area contributed by atoms with Gasteiger partial charge in [0, 0.05) is 10.7 Å². The van der Waals surface area contributed by atoms with E-state index in [0.29, 0.717) is 5.02 Å². The van der Waals surface area contributed by atoms with Crippen LogP contribution < -0.4 is 10.1 Å². The molecule has 17 heavy (non-hydrogen) atoms. The number of hydrogen-bond acceptors (Lipinski definition) is 2. The Kier molecular flexibility index (Phi) is 3.89. The molecule has 0 saturated heterocycles. The van der Waals surface area contributed by atoms with Gasteiger partial charge in [-0.2, -0.15) is 0 Å². The van der Waals surface area contributed by atoms with Gasteiger partial charge in [0.1, 0.15) is 5.75 Å². The Morgan fingerprint density at radius 2 is 1.65 bits per heavy atom. The van der Waals surface area contributed by atoms with E-state index in [-0.39, 0.29) is 6.23 Å². The van der Waals surface area contributed by atoms with Crippen molar-refractivity contribution in [1.82, 2.24) is 0 Å². The second-order valence-corrected chi connectivity index (χ2v) is 4.16. The minimum absolute atomic E-state index is 0.0985. The summed E-state index contributed by atoms with van der Waals surface area (Å²) < 4.78 is 5.70. The zero-order valence-electron chi connectivity index (χ0n) is 9.56.